The molecular formula is C11H7FN2. The Morgan fingerprint density at radius 2 is 2.14 bits per heavy atom. The number of hydrogen-bond acceptors (Lipinski definition) is 1. The third-order valence-electron chi connectivity index (χ3n) is 1.93. The second kappa shape index (κ2) is 3.35. The van der Waals surface area contributed by atoms with E-state index in [0.717, 1.165) is 0 Å². The molecule has 0 unspecified atom stereocenters. The highest BCUT2D eigenvalue weighted by molar-refractivity contribution is 5.37. The molecule has 0 bridgehead atoms. The molecule has 14 heavy (non-hydrogen) atoms. The van der Waals surface area contributed by atoms with Crippen LogP contribution in [0.4, 0.5) is 4.39 Å². The number of nitriles is 1. The summed E-state index contributed by atoms with van der Waals surface area (Å²) in [6.45, 7) is 0. The van der Waals surface area contributed by atoms with Crippen molar-refractivity contribution in [2.75, 3.05) is 0 Å². The zero-order chi connectivity index (χ0) is 9.97. The lowest BCUT2D eigenvalue weighted by Gasteiger charge is -2.01. The van der Waals surface area contributed by atoms with Crippen molar-refractivity contribution in [3.05, 3.63) is 54.1 Å². The Morgan fingerprint density at radius 1 is 1.29 bits per heavy atom. The summed E-state index contributed by atoms with van der Waals surface area (Å²) in [6.07, 6.45) is 3.39. The Bertz CT molecular complexity index is 494. The Labute approximate surface area is 80.8 Å². The number of benzene rings is 1. The van der Waals surface area contributed by atoms with Gasteiger partial charge in [-0.1, -0.05) is 6.07 Å². The van der Waals surface area contributed by atoms with Gasteiger partial charge < -0.3 is 4.57 Å². The first-order chi connectivity index (χ1) is 6.79. The molecule has 0 atom stereocenters. The monoisotopic (exact) mass is 186 g/mol. The fourth-order valence-electron chi connectivity index (χ4n) is 1.26. The predicted octanol–water partition coefficient (Wildman–Crippen LogP) is 2.49. The molecule has 2 rings (SSSR count). The molecule has 1 heterocycles. The van der Waals surface area contributed by atoms with Gasteiger partial charge >= 0.3 is 0 Å². The standard InChI is InChI=1S/C11H7FN2/c12-10-2-1-3-11(6-10)14-5-4-9(7-13)8-14/h1-6,8H. The van der Waals surface area contributed by atoms with E-state index in [1.54, 1.807) is 35.2 Å². The van der Waals surface area contributed by atoms with Crippen LogP contribution in [0.5, 0.6) is 0 Å². The van der Waals surface area contributed by atoms with E-state index in [1.165, 1.54) is 12.1 Å². The van der Waals surface area contributed by atoms with Crippen molar-refractivity contribution in [1.29, 1.82) is 5.26 Å². The van der Waals surface area contributed by atoms with Crippen LogP contribution in [0.1, 0.15) is 5.56 Å². The molecule has 2 nitrogen and oxygen atoms in total. The lowest BCUT2D eigenvalue weighted by molar-refractivity contribution is 0.626. The lowest BCUT2D eigenvalue weighted by atomic mass is 10.3. The zero-order valence-corrected chi connectivity index (χ0v) is 7.31. The summed E-state index contributed by atoms with van der Waals surface area (Å²) in [7, 11) is 0. The molecule has 68 valence electrons. The molecule has 0 fully saturated rings. The average Bonchev–Trinajstić information content (AvgIpc) is 2.66. The molecule has 0 amide bonds. The van der Waals surface area contributed by atoms with Crippen LogP contribution in [0, 0.1) is 17.1 Å². The van der Waals surface area contributed by atoms with Gasteiger partial charge in [-0.05, 0) is 24.3 Å². The van der Waals surface area contributed by atoms with Crippen LogP contribution in [0.2, 0.25) is 0 Å². The van der Waals surface area contributed by atoms with Crippen molar-refractivity contribution in [3.8, 4) is 11.8 Å². The number of rotatable bonds is 1. The Hall–Kier alpha value is -2.08. The van der Waals surface area contributed by atoms with Crippen molar-refractivity contribution in [1.82, 2.24) is 4.57 Å². The van der Waals surface area contributed by atoms with Crippen LogP contribution in [-0.4, -0.2) is 4.57 Å². The van der Waals surface area contributed by atoms with E-state index in [4.69, 9.17) is 5.26 Å². The fraction of sp³-hybridized carbons (Fsp3) is 0. The van der Waals surface area contributed by atoms with E-state index in [2.05, 4.69) is 0 Å². The highest BCUT2D eigenvalue weighted by Gasteiger charge is 1.98. The van der Waals surface area contributed by atoms with E-state index in [-0.39, 0.29) is 5.82 Å². The minimum atomic E-state index is -0.283. The summed E-state index contributed by atoms with van der Waals surface area (Å²) >= 11 is 0. The maximum absolute atomic E-state index is 12.9. The normalized spacial score (nSPS) is 9.71. The molecule has 0 aliphatic heterocycles. The molecule has 0 saturated heterocycles. The molecular weight excluding hydrogens is 179 g/mol. The van der Waals surface area contributed by atoms with Crippen molar-refractivity contribution in [2.24, 2.45) is 0 Å². The zero-order valence-electron chi connectivity index (χ0n) is 7.31. The molecule has 1 aromatic carbocycles. The Morgan fingerprint density at radius 3 is 2.79 bits per heavy atom. The minimum absolute atomic E-state index is 0.283. The van der Waals surface area contributed by atoms with E-state index >= 15 is 0 Å². The molecule has 2 aromatic rings. The van der Waals surface area contributed by atoms with E-state index in [0.29, 0.717) is 11.3 Å². The first-order valence-corrected chi connectivity index (χ1v) is 4.13. The highest BCUT2D eigenvalue weighted by atomic mass is 19.1. The molecule has 0 aliphatic carbocycles. The van der Waals surface area contributed by atoms with Gasteiger partial charge in [-0.3, -0.25) is 0 Å². The van der Waals surface area contributed by atoms with Crippen molar-refractivity contribution < 1.29 is 4.39 Å². The summed E-state index contributed by atoms with van der Waals surface area (Å²) in [5.74, 6) is -0.283. The second-order valence-corrected chi connectivity index (χ2v) is 2.90. The van der Waals surface area contributed by atoms with Gasteiger partial charge in [0, 0.05) is 18.1 Å². The summed E-state index contributed by atoms with van der Waals surface area (Å²) in [5.41, 5.74) is 1.28. The Balaban J connectivity index is 2.45. The molecule has 3 heteroatoms. The van der Waals surface area contributed by atoms with Crippen molar-refractivity contribution in [3.63, 3.8) is 0 Å². The Kier molecular flexibility index (Phi) is 2.04. The van der Waals surface area contributed by atoms with Crippen LogP contribution >= 0.6 is 0 Å². The first kappa shape index (κ1) is 8.52. The molecule has 0 N–H and O–H groups in total. The van der Waals surface area contributed by atoms with Crippen LogP contribution in [0.25, 0.3) is 5.69 Å². The van der Waals surface area contributed by atoms with E-state index < -0.39 is 0 Å². The summed E-state index contributed by atoms with van der Waals surface area (Å²) < 4.78 is 14.6. The maximum Gasteiger partial charge on any atom is 0.125 e. The number of nitrogens with zero attached hydrogens (tertiary/aromatic N) is 2. The van der Waals surface area contributed by atoms with Gasteiger partial charge in [0.05, 0.1) is 5.56 Å². The molecule has 0 radical (unpaired) electrons. The van der Waals surface area contributed by atoms with Crippen molar-refractivity contribution >= 4 is 0 Å². The van der Waals surface area contributed by atoms with Gasteiger partial charge in [0.2, 0.25) is 0 Å². The number of aromatic nitrogens is 1. The van der Waals surface area contributed by atoms with Crippen molar-refractivity contribution in [2.45, 2.75) is 0 Å². The van der Waals surface area contributed by atoms with Gasteiger partial charge in [0.15, 0.2) is 0 Å². The molecule has 1 aromatic heterocycles. The van der Waals surface area contributed by atoms with Gasteiger partial charge in [-0.2, -0.15) is 5.26 Å². The van der Waals surface area contributed by atoms with E-state index in [9.17, 15) is 4.39 Å². The smallest absolute Gasteiger partial charge is 0.125 e. The quantitative estimate of drug-likeness (QED) is 0.672. The molecule has 0 spiro atoms. The van der Waals surface area contributed by atoms with Gasteiger partial charge in [-0.25, -0.2) is 4.39 Å². The number of hydrogen-bond donors (Lipinski definition) is 0. The molecule has 0 saturated carbocycles. The van der Waals surface area contributed by atoms with Gasteiger partial charge in [0.1, 0.15) is 11.9 Å². The highest BCUT2D eigenvalue weighted by Crippen LogP contribution is 2.11. The SMILES string of the molecule is N#Cc1ccn(-c2cccc(F)c2)c1. The molecule has 0 aliphatic rings. The van der Waals surface area contributed by atoms with Crippen LogP contribution in [0.3, 0.4) is 0 Å². The third kappa shape index (κ3) is 1.50. The van der Waals surface area contributed by atoms with Gasteiger partial charge in [0.25, 0.3) is 0 Å². The predicted molar refractivity (Wildman–Crippen MR) is 50.4 cm³/mol. The summed E-state index contributed by atoms with van der Waals surface area (Å²) in [4.78, 5) is 0. The van der Waals surface area contributed by atoms with E-state index in [1.807, 2.05) is 6.07 Å². The minimum Gasteiger partial charge on any atom is -0.322 e. The van der Waals surface area contributed by atoms with Crippen LogP contribution < -0.4 is 0 Å². The third-order valence-corrected chi connectivity index (χ3v) is 1.93. The van der Waals surface area contributed by atoms with Crippen LogP contribution in [-0.2, 0) is 0 Å². The van der Waals surface area contributed by atoms with Gasteiger partial charge in [-0.15, -0.1) is 0 Å². The van der Waals surface area contributed by atoms with Crippen LogP contribution in [0.15, 0.2) is 42.7 Å². The maximum atomic E-state index is 12.9. The summed E-state index contributed by atoms with van der Waals surface area (Å²) in [5, 5.41) is 8.62. The summed E-state index contributed by atoms with van der Waals surface area (Å²) in [6, 6.07) is 9.93. The first-order valence-electron chi connectivity index (χ1n) is 4.13. The fourth-order valence-corrected chi connectivity index (χ4v) is 1.26. The number of halogens is 1. The topological polar surface area (TPSA) is 28.7 Å². The second-order valence-electron chi connectivity index (χ2n) is 2.90. The average molecular weight is 186 g/mol. The largest absolute Gasteiger partial charge is 0.322 e. The lowest BCUT2D eigenvalue weighted by Crippen LogP contribution is -1.89.